The second-order valence-corrected chi connectivity index (χ2v) is 4.77. The molecular formula is C15H9ClF4O. The Morgan fingerprint density at radius 3 is 2.24 bits per heavy atom. The van der Waals surface area contributed by atoms with E-state index in [4.69, 9.17) is 11.6 Å². The largest absolute Gasteiger partial charge is 0.416 e. The molecule has 0 amide bonds. The lowest BCUT2D eigenvalue weighted by atomic mass is 10.0. The van der Waals surface area contributed by atoms with Crippen LogP contribution < -0.4 is 0 Å². The fraction of sp³-hybridized carbons (Fsp3) is 0.133. The maximum absolute atomic E-state index is 13.3. The van der Waals surface area contributed by atoms with Gasteiger partial charge in [0.05, 0.1) is 10.6 Å². The minimum atomic E-state index is -4.42. The molecule has 2 aromatic rings. The van der Waals surface area contributed by atoms with E-state index in [0.29, 0.717) is 5.56 Å². The van der Waals surface area contributed by atoms with Crippen molar-refractivity contribution in [2.24, 2.45) is 0 Å². The van der Waals surface area contributed by atoms with Crippen LogP contribution in [0.3, 0.4) is 0 Å². The van der Waals surface area contributed by atoms with Crippen molar-refractivity contribution in [1.29, 1.82) is 0 Å². The number of hydrogen-bond acceptors (Lipinski definition) is 1. The molecule has 0 aliphatic carbocycles. The molecule has 0 unspecified atom stereocenters. The van der Waals surface area contributed by atoms with Gasteiger partial charge in [-0.05, 0) is 29.8 Å². The smallest absolute Gasteiger partial charge is 0.294 e. The van der Waals surface area contributed by atoms with E-state index in [0.717, 1.165) is 18.2 Å². The van der Waals surface area contributed by atoms with Gasteiger partial charge in [-0.1, -0.05) is 29.8 Å². The highest BCUT2D eigenvalue weighted by Crippen LogP contribution is 2.29. The number of Topliss-reactive ketones (excluding diaryl/α,β-unsaturated/α-hetero) is 1. The van der Waals surface area contributed by atoms with Crippen LogP contribution in [0.5, 0.6) is 0 Å². The quantitative estimate of drug-likeness (QED) is 0.580. The van der Waals surface area contributed by atoms with Gasteiger partial charge < -0.3 is 0 Å². The predicted molar refractivity (Wildman–Crippen MR) is 70.9 cm³/mol. The lowest BCUT2D eigenvalue weighted by Crippen LogP contribution is -2.07. The van der Waals surface area contributed by atoms with Crippen LogP contribution in [-0.2, 0) is 12.6 Å². The zero-order valence-corrected chi connectivity index (χ0v) is 11.3. The molecule has 2 rings (SSSR count). The van der Waals surface area contributed by atoms with Crippen molar-refractivity contribution in [1.82, 2.24) is 0 Å². The number of rotatable bonds is 3. The molecule has 0 spiro atoms. The van der Waals surface area contributed by atoms with E-state index in [-0.39, 0.29) is 17.0 Å². The first-order valence-corrected chi connectivity index (χ1v) is 6.30. The minimum Gasteiger partial charge on any atom is -0.294 e. The van der Waals surface area contributed by atoms with Gasteiger partial charge in [0.2, 0.25) is 0 Å². The zero-order valence-electron chi connectivity index (χ0n) is 10.5. The Balaban J connectivity index is 2.18. The Morgan fingerprint density at radius 1 is 1.05 bits per heavy atom. The highest BCUT2D eigenvalue weighted by molar-refractivity contribution is 6.34. The molecule has 0 radical (unpaired) electrons. The van der Waals surface area contributed by atoms with Crippen LogP contribution in [0.4, 0.5) is 17.6 Å². The fourth-order valence-electron chi connectivity index (χ4n) is 1.81. The molecule has 2 aromatic carbocycles. The summed E-state index contributed by atoms with van der Waals surface area (Å²) in [6, 6.07) is 8.07. The average Bonchev–Trinajstić information content (AvgIpc) is 2.41. The molecule has 0 fully saturated rings. The van der Waals surface area contributed by atoms with E-state index in [9.17, 15) is 22.4 Å². The van der Waals surface area contributed by atoms with Crippen LogP contribution in [0.15, 0.2) is 42.5 Å². The molecule has 0 aromatic heterocycles. The first kappa shape index (κ1) is 15.5. The van der Waals surface area contributed by atoms with Crippen LogP contribution in [0, 0.1) is 5.82 Å². The van der Waals surface area contributed by atoms with Gasteiger partial charge in [0.15, 0.2) is 5.78 Å². The van der Waals surface area contributed by atoms with Gasteiger partial charge in [0.1, 0.15) is 5.82 Å². The Bertz CT molecular complexity index is 662. The summed E-state index contributed by atoms with van der Waals surface area (Å²) in [5.74, 6) is -1.17. The van der Waals surface area contributed by atoms with E-state index < -0.39 is 23.3 Å². The number of carbonyl (C=O) groups excluding carboxylic acids is 1. The third-order valence-corrected chi connectivity index (χ3v) is 3.28. The van der Waals surface area contributed by atoms with Crippen molar-refractivity contribution in [2.45, 2.75) is 12.6 Å². The van der Waals surface area contributed by atoms with Crippen molar-refractivity contribution in [3.8, 4) is 0 Å². The standard InChI is InChI=1S/C15H9ClF4O/c16-14-11(2-1-3-12(14)17)13(21)8-9-4-6-10(7-5-9)15(18,19)20/h1-7H,8H2. The van der Waals surface area contributed by atoms with Crippen molar-refractivity contribution >= 4 is 17.4 Å². The third kappa shape index (κ3) is 3.61. The van der Waals surface area contributed by atoms with Gasteiger partial charge in [-0.3, -0.25) is 4.79 Å². The topological polar surface area (TPSA) is 17.1 Å². The van der Waals surface area contributed by atoms with Gasteiger partial charge >= 0.3 is 6.18 Å². The molecule has 1 nitrogen and oxygen atoms in total. The molecule has 0 atom stereocenters. The fourth-order valence-corrected chi connectivity index (χ4v) is 2.04. The number of ketones is 1. The Labute approximate surface area is 123 Å². The van der Waals surface area contributed by atoms with Crippen LogP contribution in [0.2, 0.25) is 5.02 Å². The maximum atomic E-state index is 13.3. The summed E-state index contributed by atoms with van der Waals surface area (Å²) in [4.78, 5) is 12.0. The van der Waals surface area contributed by atoms with Gasteiger partial charge in [0.25, 0.3) is 0 Å². The molecule has 0 bridgehead atoms. The van der Waals surface area contributed by atoms with Gasteiger partial charge in [-0.15, -0.1) is 0 Å². The molecule has 0 saturated heterocycles. The van der Waals surface area contributed by atoms with Gasteiger partial charge in [-0.25, -0.2) is 4.39 Å². The van der Waals surface area contributed by atoms with Crippen LogP contribution in [0.1, 0.15) is 21.5 Å². The van der Waals surface area contributed by atoms with E-state index in [1.165, 1.54) is 24.3 Å². The van der Waals surface area contributed by atoms with Crippen LogP contribution in [-0.4, -0.2) is 5.78 Å². The Kier molecular flexibility index (Phi) is 4.32. The van der Waals surface area contributed by atoms with Crippen LogP contribution in [0.25, 0.3) is 0 Å². The highest BCUT2D eigenvalue weighted by atomic mass is 35.5. The number of alkyl halides is 3. The molecule has 110 valence electrons. The third-order valence-electron chi connectivity index (χ3n) is 2.90. The lowest BCUT2D eigenvalue weighted by Gasteiger charge is -2.08. The lowest BCUT2D eigenvalue weighted by molar-refractivity contribution is -0.137. The summed E-state index contributed by atoms with van der Waals surface area (Å²) < 4.78 is 50.5. The van der Waals surface area contributed by atoms with Crippen molar-refractivity contribution in [3.63, 3.8) is 0 Å². The first-order chi connectivity index (χ1) is 9.79. The monoisotopic (exact) mass is 316 g/mol. The molecule has 0 aliphatic rings. The van der Waals surface area contributed by atoms with Crippen molar-refractivity contribution in [2.75, 3.05) is 0 Å². The zero-order chi connectivity index (χ0) is 15.6. The van der Waals surface area contributed by atoms with E-state index in [2.05, 4.69) is 0 Å². The molecule has 0 saturated carbocycles. The van der Waals surface area contributed by atoms with E-state index in [1.54, 1.807) is 0 Å². The minimum absolute atomic E-state index is 0.0107. The predicted octanol–water partition coefficient (Wildman–Crippen LogP) is 4.92. The summed E-state index contributed by atoms with van der Waals surface area (Å²) >= 11 is 5.69. The molecule has 6 heteroatoms. The summed E-state index contributed by atoms with van der Waals surface area (Å²) in [6.45, 7) is 0. The van der Waals surface area contributed by atoms with Gasteiger partial charge in [-0.2, -0.15) is 13.2 Å². The van der Waals surface area contributed by atoms with E-state index >= 15 is 0 Å². The Morgan fingerprint density at radius 2 is 1.67 bits per heavy atom. The number of carbonyl (C=O) groups is 1. The van der Waals surface area contributed by atoms with Crippen LogP contribution >= 0.6 is 11.6 Å². The number of hydrogen-bond donors (Lipinski definition) is 0. The molecule has 21 heavy (non-hydrogen) atoms. The second kappa shape index (κ2) is 5.85. The molecule has 0 heterocycles. The molecule has 0 aliphatic heterocycles. The summed E-state index contributed by atoms with van der Waals surface area (Å²) in [6.07, 6.45) is -4.57. The highest BCUT2D eigenvalue weighted by Gasteiger charge is 2.30. The Hall–Kier alpha value is -1.88. The maximum Gasteiger partial charge on any atom is 0.416 e. The summed E-state index contributed by atoms with van der Waals surface area (Å²) in [5, 5.41) is -0.283. The van der Waals surface area contributed by atoms with E-state index in [1.807, 2.05) is 0 Å². The normalized spacial score (nSPS) is 11.5. The second-order valence-electron chi connectivity index (χ2n) is 4.40. The first-order valence-electron chi connectivity index (χ1n) is 5.92. The summed E-state index contributed by atoms with van der Waals surface area (Å²) in [7, 11) is 0. The molecular weight excluding hydrogens is 308 g/mol. The van der Waals surface area contributed by atoms with Gasteiger partial charge in [0, 0.05) is 12.0 Å². The summed E-state index contributed by atoms with van der Waals surface area (Å²) in [5.41, 5.74) is -0.382. The number of halogens is 5. The van der Waals surface area contributed by atoms with Crippen molar-refractivity contribution < 1.29 is 22.4 Å². The SMILES string of the molecule is O=C(Cc1ccc(C(F)(F)F)cc1)c1cccc(F)c1Cl. The van der Waals surface area contributed by atoms with Crippen molar-refractivity contribution in [3.05, 3.63) is 70.0 Å². The average molecular weight is 317 g/mol. The number of benzene rings is 2. The molecule has 0 N–H and O–H groups in total.